The van der Waals surface area contributed by atoms with Crippen molar-refractivity contribution in [3.05, 3.63) is 28.9 Å². The van der Waals surface area contributed by atoms with Crippen molar-refractivity contribution in [2.24, 2.45) is 7.05 Å². The first-order valence-corrected chi connectivity index (χ1v) is 7.75. The van der Waals surface area contributed by atoms with Gasteiger partial charge in [0.15, 0.2) is 0 Å². The Morgan fingerprint density at radius 1 is 1.53 bits per heavy atom. The van der Waals surface area contributed by atoms with Crippen LogP contribution in [0, 0.1) is 4.64 Å². The monoisotopic (exact) mass is 294 g/mol. The number of nitrogens with zero attached hydrogens (tertiary/aromatic N) is 3. The van der Waals surface area contributed by atoms with Gasteiger partial charge < -0.3 is 4.98 Å². The summed E-state index contributed by atoms with van der Waals surface area (Å²) in [5.41, 5.74) is 2.01. The molecule has 0 aliphatic carbocycles. The van der Waals surface area contributed by atoms with E-state index < -0.39 is 0 Å². The molecule has 0 aliphatic heterocycles. The van der Waals surface area contributed by atoms with Crippen molar-refractivity contribution in [2.45, 2.75) is 31.3 Å². The van der Waals surface area contributed by atoms with Crippen molar-refractivity contribution in [2.75, 3.05) is 0 Å². The van der Waals surface area contributed by atoms with Crippen molar-refractivity contribution < 1.29 is 0 Å². The van der Waals surface area contributed by atoms with Gasteiger partial charge in [0.25, 0.3) is 0 Å². The molecule has 0 amide bonds. The van der Waals surface area contributed by atoms with Crippen molar-refractivity contribution in [3.8, 4) is 11.3 Å². The standard InChI is InChI=1S/C13H18N4S2/c1-4-9(2)19-8-12-15-11(5-13(18)16-12)10-6-14-17(3)7-10/h5-7,9H,4,8H2,1-3H3,(H,15,16,18). The van der Waals surface area contributed by atoms with E-state index in [9.17, 15) is 0 Å². The van der Waals surface area contributed by atoms with E-state index in [1.807, 2.05) is 37.3 Å². The van der Waals surface area contributed by atoms with Gasteiger partial charge in [-0.3, -0.25) is 4.68 Å². The number of thioether (sulfide) groups is 1. The number of aromatic amines is 1. The van der Waals surface area contributed by atoms with Crippen molar-refractivity contribution >= 4 is 24.0 Å². The summed E-state index contributed by atoms with van der Waals surface area (Å²) in [6.07, 6.45) is 4.95. The van der Waals surface area contributed by atoms with Gasteiger partial charge in [-0.2, -0.15) is 16.9 Å². The maximum Gasteiger partial charge on any atom is 0.130 e. The minimum Gasteiger partial charge on any atom is -0.342 e. The summed E-state index contributed by atoms with van der Waals surface area (Å²) in [7, 11) is 1.90. The maximum absolute atomic E-state index is 5.23. The molecule has 4 nitrogen and oxygen atoms in total. The van der Waals surface area contributed by atoms with Gasteiger partial charge in [-0.05, 0) is 12.5 Å². The summed E-state index contributed by atoms with van der Waals surface area (Å²) in [5.74, 6) is 1.78. The summed E-state index contributed by atoms with van der Waals surface area (Å²) in [6, 6.07) is 1.88. The largest absolute Gasteiger partial charge is 0.342 e. The second-order valence-corrected chi connectivity index (χ2v) is 6.36. The fourth-order valence-corrected chi connectivity index (χ4v) is 2.67. The molecule has 2 aromatic rings. The van der Waals surface area contributed by atoms with Crippen LogP contribution in [-0.2, 0) is 12.8 Å². The van der Waals surface area contributed by atoms with Gasteiger partial charge in [0, 0.05) is 24.1 Å². The molecule has 2 rings (SSSR count). The first-order valence-electron chi connectivity index (χ1n) is 6.29. The molecule has 2 heterocycles. The van der Waals surface area contributed by atoms with Gasteiger partial charge in [-0.25, -0.2) is 4.98 Å². The van der Waals surface area contributed by atoms with Gasteiger partial charge in [-0.15, -0.1) is 0 Å². The molecule has 0 bridgehead atoms. The van der Waals surface area contributed by atoms with Crippen LogP contribution in [0.15, 0.2) is 18.5 Å². The third-order valence-corrected chi connectivity index (χ3v) is 4.44. The van der Waals surface area contributed by atoms with E-state index in [2.05, 4.69) is 28.9 Å². The highest BCUT2D eigenvalue weighted by Gasteiger charge is 2.06. The lowest BCUT2D eigenvalue weighted by atomic mass is 10.2. The summed E-state index contributed by atoms with van der Waals surface area (Å²) in [5, 5.41) is 4.81. The quantitative estimate of drug-likeness (QED) is 0.856. The summed E-state index contributed by atoms with van der Waals surface area (Å²) < 4.78 is 2.40. The fourth-order valence-electron chi connectivity index (χ4n) is 1.63. The van der Waals surface area contributed by atoms with Crippen molar-refractivity contribution in [1.82, 2.24) is 19.7 Å². The minimum atomic E-state index is 0.623. The molecule has 1 unspecified atom stereocenters. The number of aryl methyl sites for hydroxylation is 1. The highest BCUT2D eigenvalue weighted by atomic mass is 32.2. The topological polar surface area (TPSA) is 46.5 Å². The van der Waals surface area contributed by atoms with E-state index in [1.54, 1.807) is 4.68 Å². The molecule has 0 aliphatic rings. The second kappa shape index (κ2) is 6.34. The normalized spacial score (nSPS) is 12.6. The fraction of sp³-hybridized carbons (Fsp3) is 0.462. The number of H-pyrrole nitrogens is 1. The Morgan fingerprint density at radius 2 is 2.32 bits per heavy atom. The third-order valence-electron chi connectivity index (χ3n) is 2.89. The first kappa shape index (κ1) is 14.3. The molecule has 0 saturated heterocycles. The van der Waals surface area contributed by atoms with Gasteiger partial charge in [0.1, 0.15) is 10.5 Å². The van der Waals surface area contributed by atoms with Crippen LogP contribution in [0.4, 0.5) is 0 Å². The summed E-state index contributed by atoms with van der Waals surface area (Å²) >= 11 is 7.12. The average molecular weight is 294 g/mol. The molecule has 0 aromatic carbocycles. The minimum absolute atomic E-state index is 0.623. The predicted octanol–water partition coefficient (Wildman–Crippen LogP) is 3.57. The van der Waals surface area contributed by atoms with Crippen LogP contribution in [-0.4, -0.2) is 25.0 Å². The smallest absolute Gasteiger partial charge is 0.130 e. The van der Waals surface area contributed by atoms with Crippen molar-refractivity contribution in [3.63, 3.8) is 0 Å². The zero-order valence-corrected chi connectivity index (χ0v) is 13.0. The van der Waals surface area contributed by atoms with Crippen LogP contribution in [0.25, 0.3) is 11.3 Å². The second-order valence-electron chi connectivity index (χ2n) is 4.51. The Kier molecular flexibility index (Phi) is 4.76. The molecule has 0 radical (unpaired) electrons. The van der Waals surface area contributed by atoms with Crippen molar-refractivity contribution in [1.29, 1.82) is 0 Å². The zero-order chi connectivity index (χ0) is 13.8. The van der Waals surface area contributed by atoms with E-state index in [1.165, 1.54) is 0 Å². The number of hydrogen-bond donors (Lipinski definition) is 1. The lowest BCUT2D eigenvalue weighted by Gasteiger charge is -2.08. The van der Waals surface area contributed by atoms with Gasteiger partial charge in [-0.1, -0.05) is 26.1 Å². The third kappa shape index (κ3) is 3.91. The lowest BCUT2D eigenvalue weighted by molar-refractivity contribution is 0.768. The number of rotatable bonds is 5. The van der Waals surface area contributed by atoms with E-state index in [0.29, 0.717) is 9.89 Å². The Bertz CT molecular complexity index is 603. The molecule has 102 valence electrons. The highest BCUT2D eigenvalue weighted by molar-refractivity contribution is 7.99. The molecule has 0 spiro atoms. The van der Waals surface area contributed by atoms with Crippen LogP contribution in [0.5, 0.6) is 0 Å². The van der Waals surface area contributed by atoms with Crippen LogP contribution < -0.4 is 0 Å². The van der Waals surface area contributed by atoms with Crippen LogP contribution >= 0.6 is 24.0 Å². The number of aromatic nitrogens is 4. The Balaban J connectivity index is 2.22. The maximum atomic E-state index is 5.23. The van der Waals surface area contributed by atoms with Gasteiger partial charge in [0.05, 0.1) is 17.6 Å². The highest BCUT2D eigenvalue weighted by Crippen LogP contribution is 2.20. The average Bonchev–Trinajstić information content (AvgIpc) is 2.82. The molecule has 1 N–H and O–H groups in total. The van der Waals surface area contributed by atoms with Crippen LogP contribution in [0.3, 0.4) is 0 Å². The molecule has 19 heavy (non-hydrogen) atoms. The van der Waals surface area contributed by atoms with Crippen LogP contribution in [0.2, 0.25) is 0 Å². The van der Waals surface area contributed by atoms with E-state index in [4.69, 9.17) is 12.2 Å². The predicted molar refractivity (Wildman–Crippen MR) is 82.7 cm³/mol. The molecule has 1 atom stereocenters. The van der Waals surface area contributed by atoms with E-state index >= 15 is 0 Å². The molecule has 0 fully saturated rings. The zero-order valence-electron chi connectivity index (χ0n) is 11.4. The SMILES string of the molecule is CCC(C)SCc1nc(=S)cc(-c2cnn(C)c2)[nH]1. The lowest BCUT2D eigenvalue weighted by Crippen LogP contribution is -1.99. The van der Waals surface area contributed by atoms with Gasteiger partial charge in [0.2, 0.25) is 0 Å². The van der Waals surface area contributed by atoms with Gasteiger partial charge >= 0.3 is 0 Å². The van der Waals surface area contributed by atoms with E-state index in [-0.39, 0.29) is 0 Å². The molecule has 6 heteroatoms. The Morgan fingerprint density at radius 3 is 2.95 bits per heavy atom. The molecular weight excluding hydrogens is 276 g/mol. The first-order chi connectivity index (χ1) is 9.08. The number of hydrogen-bond acceptors (Lipinski definition) is 4. The molecule has 0 saturated carbocycles. The van der Waals surface area contributed by atoms with E-state index in [0.717, 1.165) is 29.3 Å². The molecular formula is C13H18N4S2. The Labute approximate surface area is 122 Å². The summed E-state index contributed by atoms with van der Waals surface area (Å²) in [4.78, 5) is 7.73. The summed E-state index contributed by atoms with van der Waals surface area (Å²) in [6.45, 7) is 4.42. The molecule has 2 aromatic heterocycles. The Hall–Kier alpha value is -1.14. The number of nitrogens with one attached hydrogen (secondary N) is 1. The van der Waals surface area contributed by atoms with Crippen LogP contribution in [0.1, 0.15) is 26.1 Å².